The van der Waals surface area contributed by atoms with Crippen molar-refractivity contribution in [3.8, 4) is 0 Å². The molecule has 2 N–H and O–H groups in total. The Labute approximate surface area is 125 Å². The van der Waals surface area contributed by atoms with E-state index >= 15 is 0 Å². The Balaban J connectivity index is 1.94. The number of rotatable bonds is 3. The van der Waals surface area contributed by atoms with E-state index in [1.54, 1.807) is 18.3 Å². The van der Waals surface area contributed by atoms with Gasteiger partial charge in [0.25, 0.3) is 0 Å². The predicted molar refractivity (Wildman–Crippen MR) is 79.4 cm³/mol. The topological polar surface area (TPSA) is 79.3 Å². The molecule has 21 heavy (non-hydrogen) atoms. The van der Waals surface area contributed by atoms with Gasteiger partial charge in [0.15, 0.2) is 0 Å². The van der Waals surface area contributed by atoms with Gasteiger partial charge in [0, 0.05) is 11.6 Å². The van der Waals surface area contributed by atoms with Gasteiger partial charge in [0.2, 0.25) is 5.91 Å². The molecule has 1 amide bonds. The first kappa shape index (κ1) is 13.8. The number of hydrogen-bond acceptors (Lipinski definition) is 3. The number of carboxylic acids is 1. The van der Waals surface area contributed by atoms with Crippen molar-refractivity contribution < 1.29 is 14.7 Å². The zero-order valence-corrected chi connectivity index (χ0v) is 12.0. The van der Waals surface area contributed by atoms with Gasteiger partial charge in [0.05, 0.1) is 28.1 Å². The van der Waals surface area contributed by atoms with Crippen LogP contribution < -0.4 is 5.32 Å². The maximum Gasteiger partial charge on any atom is 0.307 e. The Bertz CT molecular complexity index is 760. The largest absolute Gasteiger partial charge is 0.481 e. The number of hydrogen-bond donors (Lipinski definition) is 2. The molecule has 1 aliphatic rings. The molecule has 1 heterocycles. The summed E-state index contributed by atoms with van der Waals surface area (Å²) in [6, 6.07) is 5.34. The summed E-state index contributed by atoms with van der Waals surface area (Å²) in [6.45, 7) is 1.90. The fraction of sp³-hybridized carbons (Fsp3) is 0.267. The van der Waals surface area contributed by atoms with Crippen LogP contribution in [-0.2, 0) is 9.59 Å². The van der Waals surface area contributed by atoms with Crippen molar-refractivity contribution in [2.45, 2.75) is 13.3 Å². The monoisotopic (exact) mass is 304 g/mol. The van der Waals surface area contributed by atoms with Gasteiger partial charge in [-0.25, -0.2) is 0 Å². The van der Waals surface area contributed by atoms with Crippen LogP contribution in [-0.4, -0.2) is 22.0 Å². The summed E-state index contributed by atoms with van der Waals surface area (Å²) in [4.78, 5) is 27.2. The van der Waals surface area contributed by atoms with Crippen LogP contribution >= 0.6 is 11.6 Å². The van der Waals surface area contributed by atoms with Crippen molar-refractivity contribution in [2.24, 2.45) is 11.8 Å². The number of carboxylic acid groups (broad SMARTS) is 1. The molecule has 1 aliphatic carbocycles. The molecular weight excluding hydrogens is 292 g/mol. The summed E-state index contributed by atoms with van der Waals surface area (Å²) >= 11 is 6.22. The predicted octanol–water partition coefficient (Wildman–Crippen LogP) is 2.86. The number of fused-ring (bicyclic) bond motifs is 1. The van der Waals surface area contributed by atoms with E-state index in [1.165, 1.54) is 0 Å². The highest BCUT2D eigenvalue weighted by Crippen LogP contribution is 2.41. The van der Waals surface area contributed by atoms with Crippen LogP contribution in [0, 0.1) is 18.8 Å². The molecule has 1 fully saturated rings. The summed E-state index contributed by atoms with van der Waals surface area (Å²) in [5, 5.41) is 12.8. The van der Waals surface area contributed by atoms with Crippen LogP contribution in [0.3, 0.4) is 0 Å². The number of aryl methyl sites for hydroxylation is 1. The normalized spacial score (nSPS) is 20.3. The Morgan fingerprint density at radius 2 is 2.19 bits per heavy atom. The highest BCUT2D eigenvalue weighted by atomic mass is 35.5. The summed E-state index contributed by atoms with van der Waals surface area (Å²) in [7, 11) is 0. The number of aliphatic carboxylic acids is 1. The molecule has 0 aliphatic heterocycles. The van der Waals surface area contributed by atoms with Gasteiger partial charge in [-0.15, -0.1) is 0 Å². The Hall–Kier alpha value is -2.14. The molecule has 2 aromatic rings. The first-order valence-electron chi connectivity index (χ1n) is 6.56. The molecule has 0 spiro atoms. The van der Waals surface area contributed by atoms with Crippen LogP contribution in [0.4, 0.5) is 5.69 Å². The van der Waals surface area contributed by atoms with Crippen molar-refractivity contribution >= 4 is 40.1 Å². The average molecular weight is 305 g/mol. The lowest BCUT2D eigenvalue weighted by Gasteiger charge is -2.12. The number of carbonyl (C=O) groups excluding carboxylic acids is 1. The molecule has 0 unspecified atom stereocenters. The molecule has 0 saturated heterocycles. The number of anilines is 1. The van der Waals surface area contributed by atoms with Gasteiger partial charge in [-0.1, -0.05) is 11.6 Å². The third-order valence-electron chi connectivity index (χ3n) is 3.73. The van der Waals surface area contributed by atoms with E-state index in [-0.39, 0.29) is 5.91 Å². The van der Waals surface area contributed by atoms with E-state index in [9.17, 15) is 9.59 Å². The number of pyridine rings is 1. The second-order valence-corrected chi connectivity index (χ2v) is 5.63. The highest BCUT2D eigenvalue weighted by Gasteiger charge is 2.48. The summed E-state index contributed by atoms with van der Waals surface area (Å²) in [5.41, 5.74) is 2.18. The molecule has 1 aromatic heterocycles. The molecule has 5 nitrogen and oxygen atoms in total. The Morgan fingerprint density at radius 1 is 1.43 bits per heavy atom. The molecule has 108 valence electrons. The zero-order chi connectivity index (χ0) is 15.1. The first-order valence-corrected chi connectivity index (χ1v) is 6.94. The van der Waals surface area contributed by atoms with E-state index in [1.807, 2.05) is 13.0 Å². The molecular formula is C15H13ClN2O3. The summed E-state index contributed by atoms with van der Waals surface area (Å²) in [6.07, 6.45) is 2.05. The minimum Gasteiger partial charge on any atom is -0.481 e. The number of benzene rings is 1. The molecule has 1 saturated carbocycles. The maximum atomic E-state index is 12.1. The quantitative estimate of drug-likeness (QED) is 0.914. The molecule has 3 rings (SSSR count). The van der Waals surface area contributed by atoms with Crippen molar-refractivity contribution in [1.29, 1.82) is 0 Å². The molecule has 1 aromatic carbocycles. The fourth-order valence-electron chi connectivity index (χ4n) is 2.48. The molecule has 0 bridgehead atoms. The zero-order valence-electron chi connectivity index (χ0n) is 11.3. The van der Waals surface area contributed by atoms with E-state index in [4.69, 9.17) is 16.7 Å². The van der Waals surface area contributed by atoms with Crippen molar-refractivity contribution in [3.05, 3.63) is 35.0 Å². The number of halogens is 1. The Kier molecular flexibility index (Phi) is 3.29. The number of amides is 1. The minimum atomic E-state index is -0.934. The number of aromatic nitrogens is 1. The molecule has 0 radical (unpaired) electrons. The van der Waals surface area contributed by atoms with Gasteiger partial charge in [0.1, 0.15) is 0 Å². The van der Waals surface area contributed by atoms with Crippen LogP contribution in [0.5, 0.6) is 0 Å². The first-order chi connectivity index (χ1) is 9.99. The van der Waals surface area contributed by atoms with Gasteiger partial charge in [-0.2, -0.15) is 0 Å². The standard InChI is InChI=1S/C15H13ClN2O3/c1-7-5-11(16)13(8-3-2-4-17-12(7)8)18-14(19)9-6-10(9)15(20)21/h2-5,9-10H,6H2,1H3,(H,18,19)(H,20,21)/t9-,10+/m1/s1. The van der Waals surface area contributed by atoms with Gasteiger partial charge < -0.3 is 10.4 Å². The minimum absolute atomic E-state index is 0.307. The van der Waals surface area contributed by atoms with Gasteiger partial charge >= 0.3 is 5.97 Å². The van der Waals surface area contributed by atoms with E-state index in [0.717, 1.165) is 16.5 Å². The van der Waals surface area contributed by atoms with Crippen molar-refractivity contribution in [1.82, 2.24) is 4.98 Å². The van der Waals surface area contributed by atoms with Crippen LogP contribution in [0.15, 0.2) is 24.4 Å². The smallest absolute Gasteiger partial charge is 0.307 e. The van der Waals surface area contributed by atoms with Crippen LogP contribution in [0.1, 0.15) is 12.0 Å². The second kappa shape index (κ2) is 5.00. The third-order valence-corrected chi connectivity index (χ3v) is 4.02. The van der Waals surface area contributed by atoms with E-state index < -0.39 is 17.8 Å². The van der Waals surface area contributed by atoms with Crippen molar-refractivity contribution in [2.75, 3.05) is 5.32 Å². The lowest BCUT2D eigenvalue weighted by molar-refractivity contribution is -0.139. The van der Waals surface area contributed by atoms with Crippen LogP contribution in [0.25, 0.3) is 10.9 Å². The lowest BCUT2D eigenvalue weighted by Crippen LogP contribution is -2.17. The van der Waals surface area contributed by atoms with Gasteiger partial charge in [-0.3, -0.25) is 14.6 Å². The Morgan fingerprint density at radius 3 is 2.86 bits per heavy atom. The SMILES string of the molecule is Cc1cc(Cl)c(NC(=O)[C@@H]2C[C@@H]2C(=O)O)c2cccnc12. The van der Waals surface area contributed by atoms with E-state index in [2.05, 4.69) is 10.3 Å². The highest BCUT2D eigenvalue weighted by molar-refractivity contribution is 6.35. The molecule has 2 atom stereocenters. The molecule has 6 heteroatoms. The van der Waals surface area contributed by atoms with Crippen LogP contribution in [0.2, 0.25) is 5.02 Å². The third kappa shape index (κ3) is 2.45. The lowest BCUT2D eigenvalue weighted by atomic mass is 10.1. The number of nitrogens with zero attached hydrogens (tertiary/aromatic N) is 1. The second-order valence-electron chi connectivity index (χ2n) is 5.23. The number of nitrogens with one attached hydrogen (secondary N) is 1. The van der Waals surface area contributed by atoms with Gasteiger partial charge in [-0.05, 0) is 37.1 Å². The maximum absolute atomic E-state index is 12.1. The summed E-state index contributed by atoms with van der Waals surface area (Å²) in [5.74, 6) is -2.31. The number of carbonyl (C=O) groups is 2. The van der Waals surface area contributed by atoms with E-state index in [0.29, 0.717) is 17.1 Å². The average Bonchev–Trinajstić information content (AvgIpc) is 3.24. The van der Waals surface area contributed by atoms with Crippen molar-refractivity contribution in [3.63, 3.8) is 0 Å². The summed E-state index contributed by atoms with van der Waals surface area (Å²) < 4.78 is 0. The fourth-order valence-corrected chi connectivity index (χ4v) is 2.79.